The molecule has 120 valence electrons. The molecule has 0 atom stereocenters. The Morgan fingerprint density at radius 2 is 1.79 bits per heavy atom. The summed E-state index contributed by atoms with van der Waals surface area (Å²) in [5.74, 6) is -1.56. The van der Waals surface area contributed by atoms with Crippen LogP contribution >= 0.6 is 27.3 Å². The smallest absolute Gasteiger partial charge is 0.339 e. The Morgan fingerprint density at radius 3 is 2.42 bits per heavy atom. The number of halogens is 1. The molecule has 0 saturated heterocycles. The Morgan fingerprint density at radius 1 is 1.12 bits per heavy atom. The summed E-state index contributed by atoms with van der Waals surface area (Å²) in [7, 11) is 0. The van der Waals surface area contributed by atoms with E-state index >= 15 is 0 Å². The second-order valence-corrected chi connectivity index (χ2v) is 6.54. The van der Waals surface area contributed by atoms with Gasteiger partial charge >= 0.3 is 5.97 Å². The molecule has 2 N–H and O–H groups in total. The monoisotopic (exact) mass is 403 g/mol. The van der Waals surface area contributed by atoms with Crippen LogP contribution in [0.3, 0.4) is 0 Å². The molecule has 0 bridgehead atoms. The fourth-order valence-electron chi connectivity index (χ4n) is 2.10. The predicted molar refractivity (Wildman–Crippen MR) is 94.4 cm³/mol. The van der Waals surface area contributed by atoms with Gasteiger partial charge in [0.25, 0.3) is 5.91 Å². The SMILES string of the molecule is O=C(Nc1scc(-c2ccc(Br)cc2)c1C(=O)O)c1cncnc1. The summed E-state index contributed by atoms with van der Waals surface area (Å²) < 4.78 is 0.899. The molecule has 8 heteroatoms. The van der Waals surface area contributed by atoms with Crippen molar-refractivity contribution in [2.75, 3.05) is 5.32 Å². The molecule has 0 aliphatic carbocycles. The molecular weight excluding hydrogens is 394 g/mol. The van der Waals surface area contributed by atoms with Gasteiger partial charge in [0, 0.05) is 27.8 Å². The second-order valence-electron chi connectivity index (χ2n) is 4.75. The molecule has 6 nitrogen and oxygen atoms in total. The van der Waals surface area contributed by atoms with E-state index in [2.05, 4.69) is 31.2 Å². The lowest BCUT2D eigenvalue weighted by Gasteiger charge is -2.06. The van der Waals surface area contributed by atoms with Crippen LogP contribution in [0.2, 0.25) is 0 Å². The summed E-state index contributed by atoms with van der Waals surface area (Å²) in [4.78, 5) is 31.4. The summed E-state index contributed by atoms with van der Waals surface area (Å²) in [6.07, 6.45) is 4.05. The van der Waals surface area contributed by atoms with Gasteiger partial charge in [-0.15, -0.1) is 11.3 Å². The van der Waals surface area contributed by atoms with Gasteiger partial charge in [-0.2, -0.15) is 0 Å². The van der Waals surface area contributed by atoms with Gasteiger partial charge in [0.1, 0.15) is 16.9 Å². The first-order valence-corrected chi connectivity index (χ1v) is 8.40. The van der Waals surface area contributed by atoms with Crippen LogP contribution < -0.4 is 5.32 Å². The number of benzene rings is 1. The average Bonchev–Trinajstić information content (AvgIpc) is 3.00. The van der Waals surface area contributed by atoms with E-state index in [1.54, 1.807) is 5.38 Å². The summed E-state index contributed by atoms with van der Waals surface area (Å²) >= 11 is 4.51. The number of carbonyl (C=O) groups is 2. The zero-order valence-corrected chi connectivity index (χ0v) is 14.5. The molecule has 0 unspecified atom stereocenters. The van der Waals surface area contributed by atoms with Crippen LogP contribution in [-0.2, 0) is 0 Å². The third-order valence-corrected chi connectivity index (χ3v) is 4.63. The molecule has 0 saturated carbocycles. The summed E-state index contributed by atoms with van der Waals surface area (Å²) in [5, 5.41) is 14.2. The van der Waals surface area contributed by atoms with Crippen molar-refractivity contribution in [3.05, 3.63) is 64.0 Å². The molecule has 0 spiro atoms. The molecule has 0 fully saturated rings. The van der Waals surface area contributed by atoms with Gasteiger partial charge in [0.2, 0.25) is 0 Å². The van der Waals surface area contributed by atoms with Crippen LogP contribution in [0.1, 0.15) is 20.7 Å². The number of thiophene rings is 1. The predicted octanol–water partition coefficient (Wildman–Crippen LogP) is 3.92. The molecule has 1 amide bonds. The van der Waals surface area contributed by atoms with Crippen LogP contribution in [0.4, 0.5) is 5.00 Å². The van der Waals surface area contributed by atoms with Gasteiger partial charge in [0.05, 0.1) is 5.56 Å². The van der Waals surface area contributed by atoms with Crippen LogP contribution in [0.15, 0.2) is 52.8 Å². The van der Waals surface area contributed by atoms with Crippen LogP contribution in [0.25, 0.3) is 11.1 Å². The number of anilines is 1. The number of nitrogens with zero attached hydrogens (tertiary/aromatic N) is 2. The van der Waals surface area contributed by atoms with Crippen LogP contribution in [0, 0.1) is 0 Å². The summed E-state index contributed by atoms with van der Waals surface area (Å²) in [5.41, 5.74) is 1.63. The number of carbonyl (C=O) groups excluding carboxylic acids is 1. The number of carboxylic acids is 1. The maximum Gasteiger partial charge on any atom is 0.339 e. The number of aromatic nitrogens is 2. The highest BCUT2D eigenvalue weighted by atomic mass is 79.9. The van der Waals surface area contributed by atoms with Crippen molar-refractivity contribution in [3.63, 3.8) is 0 Å². The minimum atomic E-state index is -1.10. The third-order valence-electron chi connectivity index (χ3n) is 3.21. The van der Waals surface area contributed by atoms with Gasteiger partial charge in [-0.05, 0) is 17.7 Å². The van der Waals surface area contributed by atoms with E-state index in [1.807, 2.05) is 24.3 Å². The van der Waals surface area contributed by atoms with Crippen molar-refractivity contribution in [2.45, 2.75) is 0 Å². The van der Waals surface area contributed by atoms with Gasteiger partial charge in [-0.25, -0.2) is 14.8 Å². The first kappa shape index (κ1) is 16.3. The normalized spacial score (nSPS) is 10.4. The molecular formula is C16H10BrN3O3S. The standard InChI is InChI=1S/C16H10BrN3O3S/c17-11-3-1-9(2-4-11)12-7-24-15(13(12)16(22)23)20-14(21)10-5-18-8-19-6-10/h1-8H,(H,20,21)(H,22,23). The molecule has 24 heavy (non-hydrogen) atoms. The van der Waals surface area contributed by atoms with Crippen molar-refractivity contribution in [2.24, 2.45) is 0 Å². The lowest BCUT2D eigenvalue weighted by Crippen LogP contribution is -2.14. The van der Waals surface area contributed by atoms with Crippen molar-refractivity contribution in [1.29, 1.82) is 0 Å². The quantitative estimate of drug-likeness (QED) is 0.688. The van der Waals surface area contributed by atoms with Crippen molar-refractivity contribution >= 4 is 44.1 Å². The molecule has 2 aromatic heterocycles. The minimum Gasteiger partial charge on any atom is -0.478 e. The number of aromatic carboxylic acids is 1. The first-order chi connectivity index (χ1) is 11.6. The molecule has 2 heterocycles. The molecule has 3 aromatic rings. The van der Waals surface area contributed by atoms with E-state index in [0.717, 1.165) is 21.4 Å². The number of amides is 1. The Hall–Kier alpha value is -2.58. The Labute approximate surface area is 149 Å². The summed E-state index contributed by atoms with van der Waals surface area (Å²) in [6.45, 7) is 0. The van der Waals surface area contributed by atoms with Gasteiger partial charge in [-0.3, -0.25) is 4.79 Å². The lowest BCUT2D eigenvalue weighted by molar-refractivity contribution is 0.0699. The van der Waals surface area contributed by atoms with E-state index in [4.69, 9.17) is 0 Å². The number of carboxylic acid groups (broad SMARTS) is 1. The molecule has 0 radical (unpaired) electrons. The van der Waals surface area contributed by atoms with Crippen molar-refractivity contribution < 1.29 is 14.7 Å². The Kier molecular flexibility index (Phi) is 4.68. The summed E-state index contributed by atoms with van der Waals surface area (Å²) in [6, 6.07) is 7.29. The Bertz CT molecular complexity index is 895. The van der Waals surface area contributed by atoms with E-state index in [9.17, 15) is 14.7 Å². The van der Waals surface area contributed by atoms with Crippen molar-refractivity contribution in [1.82, 2.24) is 9.97 Å². The van der Waals surface area contributed by atoms with Crippen molar-refractivity contribution in [3.8, 4) is 11.1 Å². The minimum absolute atomic E-state index is 0.0625. The molecule has 3 rings (SSSR count). The van der Waals surface area contributed by atoms with E-state index < -0.39 is 11.9 Å². The maximum absolute atomic E-state index is 12.2. The highest BCUT2D eigenvalue weighted by Gasteiger charge is 2.21. The van der Waals surface area contributed by atoms with Gasteiger partial charge in [-0.1, -0.05) is 28.1 Å². The third kappa shape index (κ3) is 3.34. The molecule has 1 aromatic carbocycles. The average molecular weight is 404 g/mol. The number of rotatable bonds is 4. The topological polar surface area (TPSA) is 92.2 Å². The highest BCUT2D eigenvalue weighted by molar-refractivity contribution is 9.10. The number of nitrogens with one attached hydrogen (secondary N) is 1. The maximum atomic E-state index is 12.2. The van der Waals surface area contributed by atoms with E-state index in [-0.39, 0.29) is 16.1 Å². The fourth-order valence-corrected chi connectivity index (χ4v) is 3.32. The fraction of sp³-hybridized carbons (Fsp3) is 0. The van der Waals surface area contributed by atoms with Gasteiger partial charge < -0.3 is 10.4 Å². The van der Waals surface area contributed by atoms with Gasteiger partial charge in [0.15, 0.2) is 0 Å². The van der Waals surface area contributed by atoms with Crippen LogP contribution in [0.5, 0.6) is 0 Å². The Balaban J connectivity index is 1.96. The van der Waals surface area contributed by atoms with Crippen LogP contribution in [-0.4, -0.2) is 27.0 Å². The largest absolute Gasteiger partial charge is 0.478 e. The second kappa shape index (κ2) is 6.90. The lowest BCUT2D eigenvalue weighted by atomic mass is 10.0. The first-order valence-electron chi connectivity index (χ1n) is 6.73. The van der Waals surface area contributed by atoms with E-state index in [1.165, 1.54) is 18.7 Å². The zero-order valence-electron chi connectivity index (χ0n) is 12.1. The molecule has 0 aliphatic heterocycles. The zero-order chi connectivity index (χ0) is 17.1. The molecule has 0 aliphatic rings. The highest BCUT2D eigenvalue weighted by Crippen LogP contribution is 2.36. The number of hydrogen-bond acceptors (Lipinski definition) is 5. The number of hydrogen-bond donors (Lipinski definition) is 2. The van der Waals surface area contributed by atoms with E-state index in [0.29, 0.717) is 5.56 Å².